The van der Waals surface area contributed by atoms with Crippen molar-refractivity contribution in [2.24, 2.45) is 5.73 Å². The molecule has 2 aromatic carbocycles. The van der Waals surface area contributed by atoms with Crippen molar-refractivity contribution in [2.45, 2.75) is 18.6 Å². The van der Waals surface area contributed by atoms with E-state index in [2.05, 4.69) is 0 Å². The van der Waals surface area contributed by atoms with Crippen LogP contribution in [0.15, 0.2) is 60.7 Å². The summed E-state index contributed by atoms with van der Waals surface area (Å²) >= 11 is 0. The molecule has 0 heterocycles. The molecule has 2 rings (SSSR count). The molecule has 0 aromatic heterocycles. The second kappa shape index (κ2) is 7.73. The predicted octanol–water partition coefficient (Wildman–Crippen LogP) is 2.21. The average Bonchev–Trinajstić information content (AvgIpc) is 2.59. The van der Waals surface area contributed by atoms with E-state index >= 15 is 0 Å². The van der Waals surface area contributed by atoms with Crippen molar-refractivity contribution in [2.75, 3.05) is 13.6 Å². The highest BCUT2D eigenvalue weighted by molar-refractivity contribution is 5.94. The third-order valence-electron chi connectivity index (χ3n) is 3.81. The first-order valence-corrected chi connectivity index (χ1v) is 7.40. The smallest absolute Gasteiger partial charge is 0.253 e. The van der Waals surface area contributed by atoms with Gasteiger partial charge in [-0.25, -0.2) is 0 Å². The summed E-state index contributed by atoms with van der Waals surface area (Å²) in [6.45, 7) is 0.404. The molecule has 0 fully saturated rings. The molecule has 0 saturated heterocycles. The van der Waals surface area contributed by atoms with Crippen LogP contribution in [0.1, 0.15) is 28.4 Å². The van der Waals surface area contributed by atoms with Gasteiger partial charge in [0.05, 0.1) is 12.1 Å². The molecular formula is C18H22N2O2. The fraction of sp³-hybridized carbons (Fsp3) is 0.278. The summed E-state index contributed by atoms with van der Waals surface area (Å²) in [5.74, 6) is -0.117. The fourth-order valence-corrected chi connectivity index (χ4v) is 2.54. The average molecular weight is 298 g/mol. The topological polar surface area (TPSA) is 66.6 Å². The molecule has 3 N–H and O–H groups in total. The largest absolute Gasteiger partial charge is 0.386 e. The molecule has 0 saturated carbocycles. The monoisotopic (exact) mass is 298 g/mol. The van der Waals surface area contributed by atoms with Crippen LogP contribution in [0.3, 0.4) is 0 Å². The Morgan fingerprint density at radius 1 is 1.09 bits per heavy atom. The van der Waals surface area contributed by atoms with Gasteiger partial charge in [0, 0.05) is 12.6 Å². The van der Waals surface area contributed by atoms with E-state index in [1.807, 2.05) is 48.5 Å². The van der Waals surface area contributed by atoms with Gasteiger partial charge in [-0.1, -0.05) is 48.5 Å². The molecule has 0 aliphatic heterocycles. The molecule has 0 radical (unpaired) electrons. The first-order chi connectivity index (χ1) is 10.6. The van der Waals surface area contributed by atoms with Gasteiger partial charge in [0.1, 0.15) is 0 Å². The van der Waals surface area contributed by atoms with Crippen LogP contribution in [0, 0.1) is 0 Å². The summed E-state index contributed by atoms with van der Waals surface area (Å²) in [7, 11) is 1.71. The van der Waals surface area contributed by atoms with Crippen LogP contribution in [-0.2, 0) is 0 Å². The molecule has 116 valence electrons. The minimum Gasteiger partial charge on any atom is -0.386 e. The lowest BCUT2D eigenvalue weighted by Gasteiger charge is -2.32. The van der Waals surface area contributed by atoms with Gasteiger partial charge in [0.2, 0.25) is 0 Å². The van der Waals surface area contributed by atoms with Gasteiger partial charge in [-0.15, -0.1) is 0 Å². The minimum atomic E-state index is -0.762. The van der Waals surface area contributed by atoms with Crippen LogP contribution < -0.4 is 5.73 Å². The van der Waals surface area contributed by atoms with E-state index in [4.69, 9.17) is 5.73 Å². The second-order valence-corrected chi connectivity index (χ2v) is 5.28. The van der Waals surface area contributed by atoms with Crippen molar-refractivity contribution in [1.29, 1.82) is 0 Å². The molecule has 0 aliphatic carbocycles. The number of benzene rings is 2. The highest BCUT2D eigenvalue weighted by Gasteiger charge is 2.28. The van der Waals surface area contributed by atoms with Crippen LogP contribution in [0.4, 0.5) is 0 Å². The van der Waals surface area contributed by atoms with Gasteiger partial charge in [-0.2, -0.15) is 0 Å². The molecule has 2 atom stereocenters. The SMILES string of the molecule is CN(C(=O)c1ccccc1)C(CCN)C(O)c1ccccc1. The normalized spacial score (nSPS) is 13.4. The summed E-state index contributed by atoms with van der Waals surface area (Å²) < 4.78 is 0. The van der Waals surface area contributed by atoms with Crippen molar-refractivity contribution in [1.82, 2.24) is 4.90 Å². The summed E-state index contributed by atoms with van der Waals surface area (Å²) in [5.41, 5.74) is 7.06. The van der Waals surface area contributed by atoms with E-state index in [0.29, 0.717) is 18.5 Å². The van der Waals surface area contributed by atoms with Crippen LogP contribution in [-0.4, -0.2) is 35.5 Å². The molecule has 4 nitrogen and oxygen atoms in total. The summed E-state index contributed by atoms with van der Waals surface area (Å²) in [6, 6.07) is 18.1. The zero-order valence-electron chi connectivity index (χ0n) is 12.7. The van der Waals surface area contributed by atoms with Gasteiger partial charge < -0.3 is 15.7 Å². The maximum atomic E-state index is 12.6. The number of likely N-dealkylation sites (N-methyl/N-ethyl adjacent to an activating group) is 1. The predicted molar refractivity (Wildman–Crippen MR) is 87.4 cm³/mol. The number of nitrogens with zero attached hydrogens (tertiary/aromatic N) is 1. The number of rotatable bonds is 6. The van der Waals surface area contributed by atoms with Crippen LogP contribution in [0.2, 0.25) is 0 Å². The van der Waals surface area contributed by atoms with Crippen molar-refractivity contribution in [3.8, 4) is 0 Å². The second-order valence-electron chi connectivity index (χ2n) is 5.28. The van der Waals surface area contributed by atoms with Gasteiger partial charge in [-0.05, 0) is 30.7 Å². The van der Waals surface area contributed by atoms with Crippen LogP contribution >= 0.6 is 0 Å². The highest BCUT2D eigenvalue weighted by atomic mass is 16.3. The maximum absolute atomic E-state index is 12.6. The zero-order chi connectivity index (χ0) is 15.9. The van der Waals surface area contributed by atoms with E-state index in [1.165, 1.54) is 0 Å². The van der Waals surface area contributed by atoms with Crippen molar-refractivity contribution in [3.63, 3.8) is 0 Å². The van der Waals surface area contributed by atoms with Gasteiger partial charge in [0.25, 0.3) is 5.91 Å². The number of hydrogen-bond acceptors (Lipinski definition) is 3. The summed E-state index contributed by atoms with van der Waals surface area (Å²) in [4.78, 5) is 14.2. The molecule has 2 unspecified atom stereocenters. The van der Waals surface area contributed by atoms with Crippen LogP contribution in [0.5, 0.6) is 0 Å². The third kappa shape index (κ3) is 3.72. The Hall–Kier alpha value is -2.17. The van der Waals surface area contributed by atoms with E-state index in [0.717, 1.165) is 5.56 Å². The van der Waals surface area contributed by atoms with Gasteiger partial charge >= 0.3 is 0 Å². The minimum absolute atomic E-state index is 0.117. The first kappa shape index (κ1) is 16.2. The molecule has 1 amide bonds. The highest BCUT2D eigenvalue weighted by Crippen LogP contribution is 2.23. The Morgan fingerprint density at radius 2 is 1.64 bits per heavy atom. The van der Waals surface area contributed by atoms with Gasteiger partial charge in [0.15, 0.2) is 0 Å². The lowest BCUT2D eigenvalue weighted by Crippen LogP contribution is -2.42. The molecule has 0 spiro atoms. The molecule has 2 aromatic rings. The number of carbonyl (C=O) groups excluding carboxylic acids is 1. The van der Waals surface area contributed by atoms with Crippen LogP contribution in [0.25, 0.3) is 0 Å². The lowest BCUT2D eigenvalue weighted by atomic mass is 9.98. The Balaban J connectivity index is 2.21. The third-order valence-corrected chi connectivity index (χ3v) is 3.81. The lowest BCUT2D eigenvalue weighted by molar-refractivity contribution is 0.0419. The number of nitrogens with two attached hydrogens (primary N) is 1. The Morgan fingerprint density at radius 3 is 2.18 bits per heavy atom. The van der Waals surface area contributed by atoms with E-state index in [1.54, 1.807) is 24.1 Å². The Bertz CT molecular complexity index is 587. The molecule has 0 aliphatic rings. The first-order valence-electron chi connectivity index (χ1n) is 7.40. The Labute approximate surface area is 131 Å². The maximum Gasteiger partial charge on any atom is 0.253 e. The van der Waals surface area contributed by atoms with E-state index < -0.39 is 6.10 Å². The summed E-state index contributed by atoms with van der Waals surface area (Å²) in [5, 5.41) is 10.6. The number of aliphatic hydroxyl groups is 1. The standard InChI is InChI=1S/C18H22N2O2/c1-20(18(22)15-10-6-3-7-11-15)16(12-13-19)17(21)14-8-4-2-5-9-14/h2-11,16-17,21H,12-13,19H2,1H3. The van der Waals surface area contributed by atoms with Crippen molar-refractivity contribution >= 4 is 5.91 Å². The van der Waals surface area contributed by atoms with E-state index in [9.17, 15) is 9.90 Å². The number of carbonyl (C=O) groups is 1. The van der Waals surface area contributed by atoms with Gasteiger partial charge in [-0.3, -0.25) is 4.79 Å². The zero-order valence-corrected chi connectivity index (χ0v) is 12.7. The molecular weight excluding hydrogens is 276 g/mol. The summed E-state index contributed by atoms with van der Waals surface area (Å²) in [6.07, 6.45) is -0.229. The molecule has 4 heteroatoms. The Kier molecular flexibility index (Phi) is 5.69. The number of aliphatic hydroxyl groups excluding tert-OH is 1. The van der Waals surface area contributed by atoms with Crippen molar-refractivity contribution in [3.05, 3.63) is 71.8 Å². The number of amides is 1. The molecule has 22 heavy (non-hydrogen) atoms. The fourth-order valence-electron chi connectivity index (χ4n) is 2.54. The number of hydrogen-bond donors (Lipinski definition) is 2. The quantitative estimate of drug-likeness (QED) is 0.859. The van der Waals surface area contributed by atoms with Crippen molar-refractivity contribution < 1.29 is 9.90 Å². The van der Waals surface area contributed by atoms with E-state index in [-0.39, 0.29) is 11.9 Å². The molecule has 0 bridgehead atoms.